The second kappa shape index (κ2) is 3.96. The van der Waals surface area contributed by atoms with Crippen molar-refractivity contribution in [2.24, 2.45) is 0 Å². The van der Waals surface area contributed by atoms with Gasteiger partial charge in [-0.05, 0) is 25.0 Å². The maximum Gasteiger partial charge on any atom is 0.131 e. The molecular weight excluding hydrogens is 181 g/mol. The van der Waals surface area contributed by atoms with Crippen molar-refractivity contribution in [2.75, 3.05) is 7.11 Å². The molecule has 2 rings (SSSR count). The molecule has 1 saturated carbocycles. The van der Waals surface area contributed by atoms with Crippen LogP contribution in [0.15, 0.2) is 18.2 Å². The molecule has 0 unspecified atom stereocenters. The van der Waals surface area contributed by atoms with Gasteiger partial charge in [0, 0.05) is 18.2 Å². The highest BCUT2D eigenvalue weighted by Crippen LogP contribution is 2.24. The molecule has 14 heavy (non-hydrogen) atoms. The van der Waals surface area contributed by atoms with Gasteiger partial charge in [-0.3, -0.25) is 0 Å². The molecular formula is C11H14FNO. The molecule has 1 aromatic carbocycles. The topological polar surface area (TPSA) is 21.3 Å². The van der Waals surface area contributed by atoms with E-state index in [9.17, 15) is 4.39 Å². The summed E-state index contributed by atoms with van der Waals surface area (Å²) in [4.78, 5) is 0. The molecule has 76 valence electrons. The van der Waals surface area contributed by atoms with Crippen LogP contribution in [0.3, 0.4) is 0 Å². The Balaban J connectivity index is 2.11. The van der Waals surface area contributed by atoms with Crippen molar-refractivity contribution in [3.05, 3.63) is 29.6 Å². The average molecular weight is 195 g/mol. The Morgan fingerprint density at radius 3 is 2.93 bits per heavy atom. The molecule has 0 saturated heterocycles. The number of nitrogens with one attached hydrogen (secondary N) is 1. The molecule has 1 fully saturated rings. The predicted octanol–water partition coefficient (Wildman–Crippen LogP) is 2.09. The Morgan fingerprint density at radius 2 is 2.29 bits per heavy atom. The van der Waals surface area contributed by atoms with Gasteiger partial charge in [-0.25, -0.2) is 4.39 Å². The van der Waals surface area contributed by atoms with Crippen LogP contribution in [0.2, 0.25) is 0 Å². The smallest absolute Gasteiger partial charge is 0.131 e. The van der Waals surface area contributed by atoms with Crippen molar-refractivity contribution in [1.29, 1.82) is 0 Å². The third-order valence-electron chi connectivity index (χ3n) is 2.44. The normalized spacial score (nSPS) is 15.6. The minimum Gasteiger partial charge on any atom is -0.496 e. The number of methoxy groups -OCH3 is 1. The van der Waals surface area contributed by atoms with E-state index in [1.807, 2.05) is 0 Å². The molecule has 2 nitrogen and oxygen atoms in total. The van der Waals surface area contributed by atoms with Gasteiger partial charge in [-0.15, -0.1) is 0 Å². The lowest BCUT2D eigenvalue weighted by molar-refractivity contribution is 0.401. The number of hydrogen-bond donors (Lipinski definition) is 1. The fraction of sp³-hybridized carbons (Fsp3) is 0.455. The van der Waals surface area contributed by atoms with Gasteiger partial charge in [0.15, 0.2) is 0 Å². The lowest BCUT2D eigenvalue weighted by atomic mass is 10.2. The second-order valence-corrected chi connectivity index (χ2v) is 3.58. The van der Waals surface area contributed by atoms with Gasteiger partial charge in [0.1, 0.15) is 11.6 Å². The number of benzene rings is 1. The quantitative estimate of drug-likeness (QED) is 0.794. The van der Waals surface area contributed by atoms with Gasteiger partial charge >= 0.3 is 0 Å². The number of ether oxygens (including phenoxy) is 1. The highest BCUT2D eigenvalue weighted by Gasteiger charge is 2.21. The lowest BCUT2D eigenvalue weighted by Crippen LogP contribution is -2.16. The Bertz CT molecular complexity index is 323. The predicted molar refractivity (Wildman–Crippen MR) is 52.8 cm³/mol. The average Bonchev–Trinajstić information content (AvgIpc) is 2.99. The summed E-state index contributed by atoms with van der Waals surface area (Å²) in [5.74, 6) is 0.427. The first-order valence-electron chi connectivity index (χ1n) is 4.86. The first-order valence-corrected chi connectivity index (χ1v) is 4.86. The highest BCUT2D eigenvalue weighted by atomic mass is 19.1. The Labute approximate surface area is 83.1 Å². The summed E-state index contributed by atoms with van der Waals surface area (Å²) in [6.45, 7) is 0.556. The van der Waals surface area contributed by atoms with E-state index in [2.05, 4.69) is 5.32 Å². The van der Waals surface area contributed by atoms with Crippen molar-refractivity contribution in [3.63, 3.8) is 0 Å². The van der Waals surface area contributed by atoms with E-state index in [0.29, 0.717) is 23.9 Å². The van der Waals surface area contributed by atoms with Crippen molar-refractivity contribution in [2.45, 2.75) is 25.4 Å². The SMILES string of the molecule is COc1cccc(F)c1CNC1CC1. The molecule has 0 atom stereocenters. The largest absolute Gasteiger partial charge is 0.496 e. The lowest BCUT2D eigenvalue weighted by Gasteiger charge is -2.09. The summed E-state index contributed by atoms with van der Waals surface area (Å²) >= 11 is 0. The van der Waals surface area contributed by atoms with Crippen LogP contribution in [0.1, 0.15) is 18.4 Å². The van der Waals surface area contributed by atoms with Crippen LogP contribution in [0.4, 0.5) is 4.39 Å². The first kappa shape index (κ1) is 9.46. The van der Waals surface area contributed by atoms with E-state index < -0.39 is 0 Å². The van der Waals surface area contributed by atoms with E-state index in [0.717, 1.165) is 0 Å². The van der Waals surface area contributed by atoms with Gasteiger partial charge in [-0.1, -0.05) is 6.07 Å². The number of halogens is 1. The van der Waals surface area contributed by atoms with Crippen molar-refractivity contribution >= 4 is 0 Å². The van der Waals surface area contributed by atoms with E-state index in [4.69, 9.17) is 4.74 Å². The summed E-state index contributed by atoms with van der Waals surface area (Å²) < 4.78 is 18.5. The Morgan fingerprint density at radius 1 is 1.50 bits per heavy atom. The molecule has 0 spiro atoms. The van der Waals surface area contributed by atoms with Gasteiger partial charge in [0.2, 0.25) is 0 Å². The molecule has 1 aliphatic rings. The summed E-state index contributed by atoms with van der Waals surface area (Å²) in [6.07, 6.45) is 2.41. The molecule has 0 bridgehead atoms. The molecule has 3 heteroatoms. The third kappa shape index (κ3) is 2.04. The molecule has 1 N–H and O–H groups in total. The van der Waals surface area contributed by atoms with Crippen molar-refractivity contribution < 1.29 is 9.13 Å². The number of hydrogen-bond acceptors (Lipinski definition) is 2. The summed E-state index contributed by atoms with van der Waals surface area (Å²) in [5.41, 5.74) is 0.627. The first-order chi connectivity index (χ1) is 6.81. The van der Waals surface area contributed by atoms with Crippen LogP contribution in [-0.2, 0) is 6.54 Å². The van der Waals surface area contributed by atoms with Crippen LogP contribution in [0.5, 0.6) is 5.75 Å². The van der Waals surface area contributed by atoms with Crippen LogP contribution < -0.4 is 10.1 Å². The minimum atomic E-state index is -0.197. The van der Waals surface area contributed by atoms with Crippen LogP contribution in [0, 0.1) is 5.82 Å². The molecule has 1 aliphatic carbocycles. The summed E-state index contributed by atoms with van der Waals surface area (Å²) in [6, 6.07) is 5.49. The fourth-order valence-electron chi connectivity index (χ4n) is 1.44. The summed E-state index contributed by atoms with van der Waals surface area (Å²) in [5, 5.41) is 3.27. The van der Waals surface area contributed by atoms with Crippen LogP contribution in [-0.4, -0.2) is 13.2 Å². The molecule has 0 amide bonds. The van der Waals surface area contributed by atoms with Gasteiger partial charge in [0.25, 0.3) is 0 Å². The molecule has 0 aliphatic heterocycles. The monoisotopic (exact) mass is 195 g/mol. The maximum absolute atomic E-state index is 13.4. The Hall–Kier alpha value is -1.09. The van der Waals surface area contributed by atoms with E-state index >= 15 is 0 Å². The minimum absolute atomic E-state index is 0.197. The molecule has 0 aromatic heterocycles. The fourth-order valence-corrected chi connectivity index (χ4v) is 1.44. The van der Waals surface area contributed by atoms with Gasteiger partial charge in [-0.2, -0.15) is 0 Å². The molecule has 0 radical (unpaired) electrons. The second-order valence-electron chi connectivity index (χ2n) is 3.58. The van der Waals surface area contributed by atoms with Gasteiger partial charge < -0.3 is 10.1 Å². The zero-order chi connectivity index (χ0) is 9.97. The maximum atomic E-state index is 13.4. The standard InChI is InChI=1S/C11H14FNO/c1-14-11-4-2-3-10(12)9(11)7-13-8-5-6-8/h2-4,8,13H,5-7H2,1H3. The van der Waals surface area contributed by atoms with Crippen molar-refractivity contribution in [1.82, 2.24) is 5.32 Å². The molecule has 1 aromatic rings. The summed E-state index contributed by atoms with van der Waals surface area (Å²) in [7, 11) is 1.56. The Kier molecular flexibility index (Phi) is 2.68. The van der Waals surface area contributed by atoms with Crippen molar-refractivity contribution in [3.8, 4) is 5.75 Å². The molecule has 0 heterocycles. The number of rotatable bonds is 4. The van der Waals surface area contributed by atoms with E-state index in [1.54, 1.807) is 19.2 Å². The zero-order valence-corrected chi connectivity index (χ0v) is 8.22. The van der Waals surface area contributed by atoms with E-state index in [1.165, 1.54) is 18.9 Å². The van der Waals surface area contributed by atoms with Crippen LogP contribution >= 0.6 is 0 Å². The van der Waals surface area contributed by atoms with Gasteiger partial charge in [0.05, 0.1) is 7.11 Å². The van der Waals surface area contributed by atoms with E-state index in [-0.39, 0.29) is 5.82 Å². The highest BCUT2D eigenvalue weighted by molar-refractivity contribution is 5.34. The third-order valence-corrected chi connectivity index (χ3v) is 2.44. The van der Waals surface area contributed by atoms with Crippen LogP contribution in [0.25, 0.3) is 0 Å². The zero-order valence-electron chi connectivity index (χ0n) is 8.22.